The Morgan fingerprint density at radius 3 is 2.30 bits per heavy atom. The van der Waals surface area contributed by atoms with Crippen molar-refractivity contribution >= 4 is 5.97 Å². The van der Waals surface area contributed by atoms with Crippen LogP contribution in [0.5, 0.6) is 5.75 Å². The first-order valence-corrected chi connectivity index (χ1v) is 6.25. The molecule has 2 aromatic carbocycles. The molecule has 4 heteroatoms. The number of benzene rings is 2. The smallest absolute Gasteiger partial charge is 0.338 e. The van der Waals surface area contributed by atoms with E-state index in [1.165, 1.54) is 0 Å². The number of aliphatic hydroxyl groups excluding tert-OH is 1. The lowest BCUT2D eigenvalue weighted by molar-refractivity contribution is 0.0133. The maximum absolute atomic E-state index is 12.0. The van der Waals surface area contributed by atoms with Gasteiger partial charge in [-0.2, -0.15) is 0 Å². The third kappa shape index (κ3) is 3.36. The normalized spacial score (nSPS) is 11.7. The summed E-state index contributed by atoms with van der Waals surface area (Å²) in [5.41, 5.74) is 1.18. The maximum Gasteiger partial charge on any atom is 0.338 e. The van der Waals surface area contributed by atoms with Crippen LogP contribution in [0, 0.1) is 0 Å². The van der Waals surface area contributed by atoms with Crippen molar-refractivity contribution in [1.82, 2.24) is 0 Å². The molecule has 0 saturated carbocycles. The fourth-order valence-electron chi connectivity index (χ4n) is 1.80. The Morgan fingerprint density at radius 1 is 1.10 bits per heavy atom. The summed E-state index contributed by atoms with van der Waals surface area (Å²) in [6, 6.07) is 15.8. The van der Waals surface area contributed by atoms with Gasteiger partial charge in [0.1, 0.15) is 5.75 Å². The molecule has 0 aliphatic rings. The summed E-state index contributed by atoms with van der Waals surface area (Å²) in [6.07, 6.45) is -0.661. The summed E-state index contributed by atoms with van der Waals surface area (Å²) in [5, 5.41) is 9.36. The van der Waals surface area contributed by atoms with Crippen LogP contribution >= 0.6 is 0 Å². The Balaban J connectivity index is 2.09. The Kier molecular flexibility index (Phi) is 4.74. The quantitative estimate of drug-likeness (QED) is 0.850. The minimum Gasteiger partial charge on any atom is -0.497 e. The van der Waals surface area contributed by atoms with Gasteiger partial charge in [0, 0.05) is 0 Å². The van der Waals surface area contributed by atoms with Gasteiger partial charge in [-0.3, -0.25) is 0 Å². The standard InChI is InChI=1S/C16H16O4/c1-19-14-9-7-13(8-10-14)16(18)20-15(11-17)12-5-3-2-4-6-12/h2-10,15,17H,11H2,1H3. The Labute approximate surface area is 117 Å². The zero-order chi connectivity index (χ0) is 14.4. The van der Waals surface area contributed by atoms with E-state index in [2.05, 4.69) is 0 Å². The molecule has 20 heavy (non-hydrogen) atoms. The number of carbonyl (C=O) groups excluding carboxylic acids is 1. The molecule has 0 amide bonds. The molecule has 0 aliphatic carbocycles. The highest BCUT2D eigenvalue weighted by atomic mass is 16.6. The van der Waals surface area contributed by atoms with Gasteiger partial charge < -0.3 is 14.6 Å². The summed E-state index contributed by atoms with van der Waals surface area (Å²) < 4.78 is 10.3. The van der Waals surface area contributed by atoms with E-state index in [9.17, 15) is 9.90 Å². The SMILES string of the molecule is COc1ccc(C(=O)OC(CO)c2ccccc2)cc1. The van der Waals surface area contributed by atoms with Crippen LogP contribution in [-0.2, 0) is 4.74 Å². The van der Waals surface area contributed by atoms with Crippen LogP contribution in [0.1, 0.15) is 22.0 Å². The number of esters is 1. The van der Waals surface area contributed by atoms with E-state index >= 15 is 0 Å². The number of hydrogen-bond donors (Lipinski definition) is 1. The average Bonchev–Trinajstić information content (AvgIpc) is 2.53. The second kappa shape index (κ2) is 6.73. The molecule has 0 heterocycles. The van der Waals surface area contributed by atoms with E-state index in [-0.39, 0.29) is 6.61 Å². The Hall–Kier alpha value is -2.33. The molecular formula is C16H16O4. The van der Waals surface area contributed by atoms with Gasteiger partial charge in [0.15, 0.2) is 6.10 Å². The summed E-state index contributed by atoms with van der Waals surface area (Å²) >= 11 is 0. The van der Waals surface area contributed by atoms with Gasteiger partial charge in [0.05, 0.1) is 19.3 Å². The molecule has 0 saturated heterocycles. The van der Waals surface area contributed by atoms with E-state index in [0.717, 1.165) is 5.56 Å². The minimum absolute atomic E-state index is 0.258. The van der Waals surface area contributed by atoms with Crippen molar-refractivity contribution in [3.8, 4) is 5.75 Å². The topological polar surface area (TPSA) is 55.8 Å². The van der Waals surface area contributed by atoms with Crippen LogP contribution < -0.4 is 4.74 Å². The third-order valence-corrected chi connectivity index (χ3v) is 2.91. The van der Waals surface area contributed by atoms with E-state index in [0.29, 0.717) is 11.3 Å². The molecule has 0 spiro atoms. The summed E-state index contributed by atoms with van der Waals surface area (Å²) in [6.45, 7) is -0.258. The Bertz CT molecular complexity index is 548. The van der Waals surface area contributed by atoms with Crippen LogP contribution in [0.3, 0.4) is 0 Å². The third-order valence-electron chi connectivity index (χ3n) is 2.91. The van der Waals surface area contributed by atoms with Gasteiger partial charge in [-0.05, 0) is 29.8 Å². The first-order chi connectivity index (χ1) is 9.74. The second-order valence-corrected chi connectivity index (χ2v) is 4.22. The molecule has 4 nitrogen and oxygen atoms in total. The molecular weight excluding hydrogens is 256 g/mol. The van der Waals surface area contributed by atoms with Crippen molar-refractivity contribution < 1.29 is 19.4 Å². The summed E-state index contributed by atoms with van der Waals surface area (Å²) in [4.78, 5) is 12.0. The molecule has 0 radical (unpaired) electrons. The number of ether oxygens (including phenoxy) is 2. The number of hydrogen-bond acceptors (Lipinski definition) is 4. The van der Waals surface area contributed by atoms with Crippen molar-refractivity contribution in [3.05, 3.63) is 65.7 Å². The predicted molar refractivity (Wildman–Crippen MR) is 74.7 cm³/mol. The van der Waals surface area contributed by atoms with Gasteiger partial charge in [0.25, 0.3) is 0 Å². The largest absolute Gasteiger partial charge is 0.497 e. The number of rotatable bonds is 5. The van der Waals surface area contributed by atoms with Crippen molar-refractivity contribution in [1.29, 1.82) is 0 Å². The lowest BCUT2D eigenvalue weighted by Gasteiger charge is -2.16. The molecule has 1 atom stereocenters. The van der Waals surface area contributed by atoms with Crippen molar-refractivity contribution in [2.75, 3.05) is 13.7 Å². The van der Waals surface area contributed by atoms with E-state index in [1.807, 2.05) is 30.3 Å². The van der Waals surface area contributed by atoms with Crippen LogP contribution in [-0.4, -0.2) is 24.8 Å². The van der Waals surface area contributed by atoms with Crippen LogP contribution in [0.2, 0.25) is 0 Å². The first kappa shape index (κ1) is 14.1. The highest BCUT2D eigenvalue weighted by Gasteiger charge is 2.16. The van der Waals surface area contributed by atoms with Crippen molar-refractivity contribution in [2.24, 2.45) is 0 Å². The van der Waals surface area contributed by atoms with Gasteiger partial charge in [-0.1, -0.05) is 30.3 Å². The monoisotopic (exact) mass is 272 g/mol. The van der Waals surface area contributed by atoms with E-state index in [1.54, 1.807) is 31.4 Å². The van der Waals surface area contributed by atoms with Crippen LogP contribution in [0.15, 0.2) is 54.6 Å². The highest BCUT2D eigenvalue weighted by molar-refractivity contribution is 5.89. The van der Waals surface area contributed by atoms with Gasteiger partial charge in [0.2, 0.25) is 0 Å². The minimum atomic E-state index is -0.661. The molecule has 2 rings (SSSR count). The Morgan fingerprint density at radius 2 is 1.75 bits per heavy atom. The van der Waals surface area contributed by atoms with Crippen LogP contribution in [0.4, 0.5) is 0 Å². The molecule has 0 fully saturated rings. The van der Waals surface area contributed by atoms with Gasteiger partial charge >= 0.3 is 5.97 Å². The van der Waals surface area contributed by atoms with Gasteiger partial charge in [-0.15, -0.1) is 0 Å². The van der Waals surface area contributed by atoms with E-state index in [4.69, 9.17) is 9.47 Å². The summed E-state index contributed by atoms with van der Waals surface area (Å²) in [5.74, 6) is 0.193. The molecule has 0 aromatic heterocycles. The number of carbonyl (C=O) groups is 1. The number of methoxy groups -OCH3 is 1. The average molecular weight is 272 g/mol. The fraction of sp³-hybridized carbons (Fsp3) is 0.188. The molecule has 1 N–H and O–H groups in total. The summed E-state index contributed by atoms with van der Waals surface area (Å²) in [7, 11) is 1.56. The predicted octanol–water partition coefficient (Wildman–Crippen LogP) is 2.59. The van der Waals surface area contributed by atoms with Crippen molar-refractivity contribution in [3.63, 3.8) is 0 Å². The zero-order valence-corrected chi connectivity index (χ0v) is 11.2. The molecule has 0 aliphatic heterocycles. The number of aliphatic hydroxyl groups is 1. The van der Waals surface area contributed by atoms with Crippen LogP contribution in [0.25, 0.3) is 0 Å². The first-order valence-electron chi connectivity index (χ1n) is 6.25. The maximum atomic E-state index is 12.0. The molecule has 2 aromatic rings. The lowest BCUT2D eigenvalue weighted by Crippen LogP contribution is -2.14. The van der Waals surface area contributed by atoms with Gasteiger partial charge in [-0.25, -0.2) is 4.79 Å². The molecule has 104 valence electrons. The highest BCUT2D eigenvalue weighted by Crippen LogP contribution is 2.19. The van der Waals surface area contributed by atoms with E-state index < -0.39 is 12.1 Å². The molecule has 0 bridgehead atoms. The lowest BCUT2D eigenvalue weighted by atomic mass is 10.1. The second-order valence-electron chi connectivity index (χ2n) is 4.22. The zero-order valence-electron chi connectivity index (χ0n) is 11.2. The molecule has 1 unspecified atom stereocenters. The van der Waals surface area contributed by atoms with Crippen molar-refractivity contribution in [2.45, 2.75) is 6.10 Å². The fourth-order valence-corrected chi connectivity index (χ4v) is 1.80.